The van der Waals surface area contributed by atoms with Crippen molar-refractivity contribution in [3.05, 3.63) is 36.9 Å². The highest BCUT2D eigenvalue weighted by molar-refractivity contribution is 7.89. The maximum Gasteiger partial charge on any atom is 0.247 e. The molecule has 1 N–H and O–H groups in total. The van der Waals surface area contributed by atoms with Crippen LogP contribution < -0.4 is 4.74 Å². The van der Waals surface area contributed by atoms with Crippen molar-refractivity contribution in [2.45, 2.75) is 44.2 Å². The Bertz CT molecular complexity index is 971. The van der Waals surface area contributed by atoms with E-state index in [2.05, 4.69) is 21.8 Å². The van der Waals surface area contributed by atoms with Gasteiger partial charge in [-0.2, -0.15) is 4.31 Å². The Hall–Kier alpha value is -2.07. The standard InChI is InChI=1S/C22H32N4O4S/c1-5-8-25(4)13-21-16(2)12-26(17(3)14-27)31(28,29)22-7-6-18(9-20(22)30-21)19-10-23-15-24-11-19/h6-7,9-11,15-17,21,27H,5,8,12-14H2,1-4H3/t16-,17-,21-/m0/s1. The number of nitrogens with zero attached hydrogens (tertiary/aromatic N) is 4. The molecule has 0 radical (unpaired) electrons. The Morgan fingerprint density at radius 2 is 2.00 bits per heavy atom. The van der Waals surface area contributed by atoms with E-state index in [0.717, 1.165) is 24.1 Å². The molecule has 3 atom stereocenters. The summed E-state index contributed by atoms with van der Waals surface area (Å²) in [4.78, 5) is 10.4. The largest absolute Gasteiger partial charge is 0.487 e. The van der Waals surface area contributed by atoms with Gasteiger partial charge in [0.1, 0.15) is 23.1 Å². The Kier molecular flexibility index (Phi) is 7.64. The van der Waals surface area contributed by atoms with Crippen molar-refractivity contribution in [2.24, 2.45) is 5.92 Å². The Balaban J connectivity index is 2.10. The normalized spacial score (nSPS) is 22.3. The molecule has 1 aromatic carbocycles. The number of aliphatic hydroxyl groups is 1. The number of likely N-dealkylation sites (N-methyl/N-ethyl adjacent to an activating group) is 1. The Labute approximate surface area is 184 Å². The van der Waals surface area contributed by atoms with Gasteiger partial charge in [0.2, 0.25) is 10.0 Å². The van der Waals surface area contributed by atoms with Gasteiger partial charge in [0.15, 0.2) is 0 Å². The molecule has 0 fully saturated rings. The smallest absolute Gasteiger partial charge is 0.247 e. The predicted molar refractivity (Wildman–Crippen MR) is 119 cm³/mol. The number of fused-ring (bicyclic) bond motifs is 1. The van der Waals surface area contributed by atoms with E-state index in [1.165, 1.54) is 10.6 Å². The molecular weight excluding hydrogens is 416 g/mol. The summed E-state index contributed by atoms with van der Waals surface area (Å²) in [5.74, 6) is 0.248. The highest BCUT2D eigenvalue weighted by atomic mass is 32.2. The maximum absolute atomic E-state index is 13.5. The molecule has 0 spiro atoms. The van der Waals surface area contributed by atoms with Gasteiger partial charge in [-0.3, -0.25) is 0 Å². The number of benzene rings is 1. The zero-order valence-electron chi connectivity index (χ0n) is 18.6. The van der Waals surface area contributed by atoms with E-state index in [1.54, 1.807) is 37.5 Å². The van der Waals surface area contributed by atoms with E-state index >= 15 is 0 Å². The molecule has 31 heavy (non-hydrogen) atoms. The number of hydrogen-bond donors (Lipinski definition) is 1. The number of aromatic nitrogens is 2. The molecule has 0 saturated heterocycles. The summed E-state index contributed by atoms with van der Waals surface area (Å²) >= 11 is 0. The zero-order valence-corrected chi connectivity index (χ0v) is 19.4. The minimum atomic E-state index is -3.84. The van der Waals surface area contributed by atoms with Crippen molar-refractivity contribution < 1.29 is 18.3 Å². The van der Waals surface area contributed by atoms with E-state index in [4.69, 9.17) is 4.74 Å². The van der Waals surface area contributed by atoms with Gasteiger partial charge in [-0.15, -0.1) is 0 Å². The average molecular weight is 449 g/mol. The van der Waals surface area contributed by atoms with E-state index < -0.39 is 16.1 Å². The van der Waals surface area contributed by atoms with E-state index in [1.807, 2.05) is 14.0 Å². The number of sulfonamides is 1. The third-order valence-electron chi connectivity index (χ3n) is 5.66. The molecule has 170 valence electrons. The fourth-order valence-electron chi connectivity index (χ4n) is 3.85. The summed E-state index contributed by atoms with van der Waals surface area (Å²) < 4.78 is 34.8. The van der Waals surface area contributed by atoms with Crippen molar-refractivity contribution in [2.75, 3.05) is 33.3 Å². The van der Waals surface area contributed by atoms with Crippen LogP contribution in [0.2, 0.25) is 0 Å². The second kappa shape index (κ2) is 10.0. The first-order valence-corrected chi connectivity index (χ1v) is 12.1. The Morgan fingerprint density at radius 1 is 1.29 bits per heavy atom. The summed E-state index contributed by atoms with van der Waals surface area (Å²) in [5.41, 5.74) is 1.56. The minimum absolute atomic E-state index is 0.0695. The fraction of sp³-hybridized carbons (Fsp3) is 0.545. The lowest BCUT2D eigenvalue weighted by Crippen LogP contribution is -2.49. The third-order valence-corrected chi connectivity index (χ3v) is 7.68. The lowest BCUT2D eigenvalue weighted by Gasteiger charge is -2.37. The second-order valence-corrected chi connectivity index (χ2v) is 10.1. The summed E-state index contributed by atoms with van der Waals surface area (Å²) in [5, 5.41) is 9.73. The zero-order chi connectivity index (χ0) is 22.6. The average Bonchev–Trinajstić information content (AvgIpc) is 2.76. The van der Waals surface area contributed by atoms with Crippen molar-refractivity contribution in [1.29, 1.82) is 0 Å². The molecule has 0 aliphatic carbocycles. The second-order valence-electron chi connectivity index (χ2n) is 8.29. The van der Waals surface area contributed by atoms with Gasteiger partial charge in [-0.05, 0) is 44.6 Å². The van der Waals surface area contributed by atoms with Crippen LogP contribution in [0, 0.1) is 5.92 Å². The van der Waals surface area contributed by atoms with Crippen LogP contribution in [0.1, 0.15) is 27.2 Å². The molecular formula is C22H32N4O4S. The van der Waals surface area contributed by atoms with Crippen molar-refractivity contribution >= 4 is 10.0 Å². The van der Waals surface area contributed by atoms with Crippen molar-refractivity contribution in [3.63, 3.8) is 0 Å². The van der Waals surface area contributed by atoms with Gasteiger partial charge in [0, 0.05) is 43.0 Å². The van der Waals surface area contributed by atoms with Crippen LogP contribution in [0.3, 0.4) is 0 Å². The number of ether oxygens (including phenoxy) is 1. The van der Waals surface area contributed by atoms with E-state index in [9.17, 15) is 13.5 Å². The monoisotopic (exact) mass is 448 g/mol. The van der Waals surface area contributed by atoms with Crippen LogP contribution in [0.4, 0.5) is 0 Å². The molecule has 2 heterocycles. The summed E-state index contributed by atoms with van der Waals surface area (Å²) in [6.07, 6.45) is 5.63. The van der Waals surface area contributed by atoms with Crippen LogP contribution in [-0.2, 0) is 10.0 Å². The molecule has 1 aliphatic heterocycles. The van der Waals surface area contributed by atoms with Crippen LogP contribution in [0.5, 0.6) is 5.75 Å². The minimum Gasteiger partial charge on any atom is -0.487 e. The van der Waals surface area contributed by atoms with Crippen LogP contribution in [0.25, 0.3) is 11.1 Å². The van der Waals surface area contributed by atoms with E-state index in [0.29, 0.717) is 12.3 Å². The van der Waals surface area contributed by atoms with Crippen LogP contribution in [-0.4, -0.2) is 78.1 Å². The highest BCUT2D eigenvalue weighted by Gasteiger charge is 2.38. The summed E-state index contributed by atoms with van der Waals surface area (Å²) in [7, 11) is -1.80. The summed E-state index contributed by atoms with van der Waals surface area (Å²) in [6, 6.07) is 4.53. The van der Waals surface area contributed by atoms with Crippen LogP contribution >= 0.6 is 0 Å². The number of rotatable bonds is 7. The predicted octanol–water partition coefficient (Wildman–Crippen LogP) is 2.25. The van der Waals surface area contributed by atoms with E-state index in [-0.39, 0.29) is 30.1 Å². The molecule has 0 amide bonds. The fourth-order valence-corrected chi connectivity index (χ4v) is 5.68. The number of aliphatic hydroxyl groups excluding tert-OH is 1. The maximum atomic E-state index is 13.5. The molecule has 0 unspecified atom stereocenters. The lowest BCUT2D eigenvalue weighted by atomic mass is 10.0. The van der Waals surface area contributed by atoms with Gasteiger partial charge in [-0.1, -0.05) is 19.9 Å². The Morgan fingerprint density at radius 3 is 2.65 bits per heavy atom. The first kappa shape index (κ1) is 23.6. The summed E-state index contributed by atoms with van der Waals surface area (Å²) in [6.45, 7) is 7.48. The van der Waals surface area contributed by atoms with Crippen LogP contribution in [0.15, 0.2) is 41.8 Å². The molecule has 1 aliphatic rings. The molecule has 9 heteroatoms. The molecule has 0 bridgehead atoms. The SMILES string of the molecule is CCCN(C)C[C@@H]1Oc2cc(-c3cncnc3)ccc2S(=O)(=O)N([C@@H](C)CO)C[C@@H]1C. The first-order chi connectivity index (χ1) is 14.8. The van der Waals surface area contributed by atoms with Gasteiger partial charge in [0.25, 0.3) is 0 Å². The van der Waals surface area contributed by atoms with Crippen molar-refractivity contribution in [1.82, 2.24) is 19.2 Å². The molecule has 1 aromatic heterocycles. The van der Waals surface area contributed by atoms with Gasteiger partial charge >= 0.3 is 0 Å². The third kappa shape index (κ3) is 5.23. The van der Waals surface area contributed by atoms with Gasteiger partial charge in [0.05, 0.1) is 6.61 Å². The van der Waals surface area contributed by atoms with Gasteiger partial charge < -0.3 is 14.7 Å². The molecule has 0 saturated carbocycles. The highest BCUT2D eigenvalue weighted by Crippen LogP contribution is 2.36. The first-order valence-electron chi connectivity index (χ1n) is 10.6. The molecule has 2 aromatic rings. The molecule has 3 rings (SSSR count). The van der Waals surface area contributed by atoms with Crippen molar-refractivity contribution in [3.8, 4) is 16.9 Å². The van der Waals surface area contributed by atoms with Gasteiger partial charge in [-0.25, -0.2) is 18.4 Å². The quantitative estimate of drug-likeness (QED) is 0.694. The topological polar surface area (TPSA) is 95.9 Å². The molecule has 8 nitrogen and oxygen atoms in total. The lowest BCUT2D eigenvalue weighted by molar-refractivity contribution is 0.0753. The number of hydrogen-bond acceptors (Lipinski definition) is 7.